The molecule has 30 heavy (non-hydrogen) atoms. The first kappa shape index (κ1) is 19.7. The van der Waals surface area contributed by atoms with Crippen LogP contribution in [0, 0.1) is 24.0 Å². The zero-order valence-electron chi connectivity index (χ0n) is 16.6. The van der Waals surface area contributed by atoms with E-state index in [0.717, 1.165) is 27.0 Å². The second-order valence-corrected chi connectivity index (χ2v) is 8.08. The molecule has 0 bridgehead atoms. The summed E-state index contributed by atoms with van der Waals surface area (Å²) in [5.41, 5.74) is 4.00. The Labute approximate surface area is 176 Å². The van der Waals surface area contributed by atoms with Gasteiger partial charge in [-0.15, -0.1) is 11.3 Å². The molecule has 0 aliphatic carbocycles. The van der Waals surface area contributed by atoms with Crippen LogP contribution >= 0.6 is 11.3 Å². The molecule has 2 aromatic carbocycles. The predicted molar refractivity (Wildman–Crippen MR) is 117 cm³/mol. The molecule has 2 aromatic heterocycles. The number of carbonyl (C=O) groups is 1. The Hall–Kier alpha value is -3.59. The Morgan fingerprint density at radius 2 is 1.93 bits per heavy atom. The molecule has 4 aromatic rings. The van der Waals surface area contributed by atoms with Crippen molar-refractivity contribution in [3.8, 4) is 10.6 Å². The Balaban J connectivity index is 1.50. The number of hydrogen-bond acceptors (Lipinski definition) is 6. The van der Waals surface area contributed by atoms with Gasteiger partial charge in [0.05, 0.1) is 15.1 Å². The van der Waals surface area contributed by atoms with Crippen LogP contribution in [0.15, 0.2) is 48.7 Å². The van der Waals surface area contributed by atoms with E-state index in [1.807, 2.05) is 36.4 Å². The number of nitro groups is 1. The van der Waals surface area contributed by atoms with E-state index in [-0.39, 0.29) is 11.6 Å². The van der Waals surface area contributed by atoms with Gasteiger partial charge in [0.1, 0.15) is 22.9 Å². The number of carbonyl (C=O) groups excluding carboxylic acids is 1. The van der Waals surface area contributed by atoms with Gasteiger partial charge in [0.25, 0.3) is 0 Å². The standard InChI is InChI=1S/C21H19N5O3S/c1-12-4-9-17-19(10-12)30-21(24-17)15-5-7-16(8-6-15)23-20(27)14(3)25-13(2)18(11-22-25)26(28)29/h4-11,14H,1-3H3,(H,23,27). The van der Waals surface area contributed by atoms with Crippen molar-refractivity contribution >= 4 is 38.8 Å². The second kappa shape index (κ2) is 7.68. The predicted octanol–water partition coefficient (Wildman–Crippen LogP) is 4.88. The van der Waals surface area contributed by atoms with E-state index in [1.54, 1.807) is 25.2 Å². The lowest BCUT2D eigenvalue weighted by Crippen LogP contribution is -2.25. The van der Waals surface area contributed by atoms with Gasteiger partial charge in [0, 0.05) is 11.3 Å². The second-order valence-electron chi connectivity index (χ2n) is 7.05. The number of amides is 1. The molecule has 0 spiro atoms. The van der Waals surface area contributed by atoms with Crippen molar-refractivity contribution in [3.63, 3.8) is 0 Å². The first-order valence-corrected chi connectivity index (χ1v) is 10.1. The molecule has 1 amide bonds. The number of nitrogens with zero attached hydrogens (tertiary/aromatic N) is 4. The summed E-state index contributed by atoms with van der Waals surface area (Å²) < 4.78 is 2.49. The first-order chi connectivity index (χ1) is 14.3. The summed E-state index contributed by atoms with van der Waals surface area (Å²) in [7, 11) is 0. The summed E-state index contributed by atoms with van der Waals surface area (Å²) in [4.78, 5) is 27.7. The maximum absolute atomic E-state index is 12.6. The molecule has 0 aliphatic heterocycles. The molecule has 152 valence electrons. The molecule has 1 N–H and O–H groups in total. The molecule has 9 heteroatoms. The van der Waals surface area contributed by atoms with Gasteiger partial charge in [-0.1, -0.05) is 6.07 Å². The molecule has 0 radical (unpaired) electrons. The highest BCUT2D eigenvalue weighted by Crippen LogP contribution is 2.31. The number of anilines is 1. The lowest BCUT2D eigenvalue weighted by atomic mass is 10.2. The average molecular weight is 421 g/mol. The number of rotatable bonds is 5. The number of aromatic nitrogens is 3. The van der Waals surface area contributed by atoms with Crippen LogP contribution in [0.4, 0.5) is 11.4 Å². The largest absolute Gasteiger partial charge is 0.324 e. The summed E-state index contributed by atoms with van der Waals surface area (Å²) >= 11 is 1.63. The lowest BCUT2D eigenvalue weighted by Gasteiger charge is -2.14. The summed E-state index contributed by atoms with van der Waals surface area (Å²) in [6, 6.07) is 12.9. The van der Waals surface area contributed by atoms with Crippen molar-refractivity contribution in [2.45, 2.75) is 26.8 Å². The van der Waals surface area contributed by atoms with E-state index in [9.17, 15) is 14.9 Å². The van der Waals surface area contributed by atoms with Gasteiger partial charge >= 0.3 is 5.69 Å². The summed E-state index contributed by atoms with van der Waals surface area (Å²) in [6.45, 7) is 5.28. The van der Waals surface area contributed by atoms with Crippen molar-refractivity contribution in [1.29, 1.82) is 0 Å². The van der Waals surface area contributed by atoms with Crippen LogP contribution in [0.5, 0.6) is 0 Å². The van der Waals surface area contributed by atoms with Crippen molar-refractivity contribution < 1.29 is 9.72 Å². The fourth-order valence-electron chi connectivity index (χ4n) is 3.19. The smallest absolute Gasteiger partial charge is 0.309 e. The van der Waals surface area contributed by atoms with Crippen LogP contribution in [0.25, 0.3) is 20.8 Å². The molecule has 0 fully saturated rings. The van der Waals surface area contributed by atoms with Crippen molar-refractivity contribution in [2.75, 3.05) is 5.32 Å². The Bertz CT molecular complexity index is 1260. The van der Waals surface area contributed by atoms with E-state index in [4.69, 9.17) is 0 Å². The number of benzene rings is 2. The monoisotopic (exact) mass is 421 g/mol. The highest BCUT2D eigenvalue weighted by atomic mass is 32.1. The third-order valence-corrected chi connectivity index (χ3v) is 5.97. The number of thiazole rings is 1. The van der Waals surface area contributed by atoms with Gasteiger partial charge in [-0.25, -0.2) is 4.98 Å². The van der Waals surface area contributed by atoms with E-state index in [2.05, 4.69) is 28.4 Å². The lowest BCUT2D eigenvalue weighted by molar-refractivity contribution is -0.385. The van der Waals surface area contributed by atoms with Crippen molar-refractivity contribution in [2.24, 2.45) is 0 Å². The van der Waals surface area contributed by atoms with Crippen LogP contribution in [0.2, 0.25) is 0 Å². The van der Waals surface area contributed by atoms with Crippen LogP contribution in [0.3, 0.4) is 0 Å². The molecule has 2 heterocycles. The molecule has 1 atom stereocenters. The number of nitrogens with one attached hydrogen (secondary N) is 1. The van der Waals surface area contributed by atoms with E-state index in [0.29, 0.717) is 11.4 Å². The normalized spacial score (nSPS) is 12.1. The van der Waals surface area contributed by atoms with Crippen molar-refractivity contribution in [1.82, 2.24) is 14.8 Å². The maximum atomic E-state index is 12.6. The van der Waals surface area contributed by atoms with Gasteiger partial charge in [-0.05, 0) is 62.7 Å². The fourth-order valence-corrected chi connectivity index (χ4v) is 4.26. The maximum Gasteiger partial charge on any atom is 0.309 e. The molecule has 0 saturated heterocycles. The quantitative estimate of drug-likeness (QED) is 0.365. The highest BCUT2D eigenvalue weighted by molar-refractivity contribution is 7.21. The zero-order valence-corrected chi connectivity index (χ0v) is 17.4. The van der Waals surface area contributed by atoms with Gasteiger partial charge in [-0.3, -0.25) is 19.6 Å². The molecular formula is C21H19N5O3S. The summed E-state index contributed by atoms with van der Waals surface area (Å²) in [5, 5.41) is 18.7. The third-order valence-electron chi connectivity index (χ3n) is 4.91. The Morgan fingerprint density at radius 1 is 1.20 bits per heavy atom. The molecule has 8 nitrogen and oxygen atoms in total. The van der Waals surface area contributed by atoms with E-state index >= 15 is 0 Å². The first-order valence-electron chi connectivity index (χ1n) is 9.30. The average Bonchev–Trinajstić information content (AvgIpc) is 3.31. The minimum Gasteiger partial charge on any atom is -0.324 e. The van der Waals surface area contributed by atoms with Crippen LogP contribution < -0.4 is 5.32 Å². The number of fused-ring (bicyclic) bond motifs is 1. The fraction of sp³-hybridized carbons (Fsp3) is 0.190. The molecule has 1 unspecified atom stereocenters. The van der Waals surface area contributed by atoms with Gasteiger partial charge in [0.15, 0.2) is 0 Å². The Morgan fingerprint density at radius 3 is 2.60 bits per heavy atom. The highest BCUT2D eigenvalue weighted by Gasteiger charge is 2.23. The van der Waals surface area contributed by atoms with E-state index in [1.165, 1.54) is 10.2 Å². The molecule has 4 rings (SSSR count). The molecular weight excluding hydrogens is 402 g/mol. The van der Waals surface area contributed by atoms with Gasteiger partial charge < -0.3 is 5.32 Å². The van der Waals surface area contributed by atoms with Gasteiger partial charge in [0.2, 0.25) is 5.91 Å². The van der Waals surface area contributed by atoms with Crippen LogP contribution in [-0.4, -0.2) is 25.6 Å². The topological polar surface area (TPSA) is 103 Å². The third kappa shape index (κ3) is 3.67. The summed E-state index contributed by atoms with van der Waals surface area (Å²) in [5.74, 6) is -0.306. The number of aryl methyl sites for hydroxylation is 1. The zero-order chi connectivity index (χ0) is 21.4. The van der Waals surface area contributed by atoms with E-state index < -0.39 is 11.0 Å². The minimum absolute atomic E-state index is 0.106. The minimum atomic E-state index is -0.689. The number of hydrogen-bond donors (Lipinski definition) is 1. The van der Waals surface area contributed by atoms with Crippen LogP contribution in [0.1, 0.15) is 24.2 Å². The van der Waals surface area contributed by atoms with Gasteiger partial charge in [-0.2, -0.15) is 5.10 Å². The van der Waals surface area contributed by atoms with Crippen LogP contribution in [-0.2, 0) is 4.79 Å². The SMILES string of the molecule is Cc1ccc2nc(-c3ccc(NC(=O)C(C)n4ncc([N+](=O)[O-])c4C)cc3)sc2c1. The summed E-state index contributed by atoms with van der Waals surface area (Å²) in [6.07, 6.45) is 1.16. The molecule has 0 saturated carbocycles. The molecule has 0 aliphatic rings. The Kier molecular flexibility index (Phi) is 5.04. The van der Waals surface area contributed by atoms with Crippen molar-refractivity contribution in [3.05, 3.63) is 70.0 Å².